The van der Waals surface area contributed by atoms with Crippen molar-refractivity contribution in [3.05, 3.63) is 52.0 Å². The summed E-state index contributed by atoms with van der Waals surface area (Å²) in [5.74, 6) is -0.275. The van der Waals surface area contributed by atoms with Crippen LogP contribution in [0.15, 0.2) is 36.4 Å². The van der Waals surface area contributed by atoms with Gasteiger partial charge in [0.05, 0.1) is 11.4 Å². The number of nitrogens with one attached hydrogen (secondary N) is 1. The number of hydrogen-bond acceptors (Lipinski definition) is 6. The van der Waals surface area contributed by atoms with Gasteiger partial charge in [0.2, 0.25) is 21.8 Å². The van der Waals surface area contributed by atoms with Crippen molar-refractivity contribution in [3.8, 4) is 11.5 Å². The second-order valence-electron chi connectivity index (χ2n) is 9.20. The molecule has 0 radical (unpaired) electrons. The summed E-state index contributed by atoms with van der Waals surface area (Å²) >= 11 is 12.8. The van der Waals surface area contributed by atoms with E-state index < -0.39 is 28.5 Å². The minimum Gasteiger partial charge on any atom is -0.486 e. The second kappa shape index (κ2) is 13.6. The van der Waals surface area contributed by atoms with Crippen LogP contribution in [0.2, 0.25) is 10.0 Å². The van der Waals surface area contributed by atoms with E-state index in [1.54, 1.807) is 37.3 Å². The number of fused-ring (bicyclic) bond motifs is 1. The minimum atomic E-state index is -3.90. The van der Waals surface area contributed by atoms with Crippen LogP contribution >= 0.6 is 23.2 Å². The van der Waals surface area contributed by atoms with E-state index in [4.69, 9.17) is 32.7 Å². The summed E-state index contributed by atoms with van der Waals surface area (Å²) in [5, 5.41) is 3.60. The first-order valence-electron chi connectivity index (χ1n) is 12.9. The van der Waals surface area contributed by atoms with E-state index in [1.807, 2.05) is 13.8 Å². The number of halogens is 2. The lowest BCUT2D eigenvalue weighted by Gasteiger charge is -2.34. The molecule has 0 saturated carbocycles. The van der Waals surface area contributed by atoms with E-state index in [9.17, 15) is 18.0 Å². The molecule has 214 valence electrons. The maximum atomic E-state index is 14.0. The van der Waals surface area contributed by atoms with Crippen LogP contribution in [-0.2, 0) is 26.2 Å². The molecule has 2 aromatic rings. The Hall–Kier alpha value is -2.69. The number of sulfonamides is 1. The van der Waals surface area contributed by atoms with E-state index in [1.165, 1.54) is 17.9 Å². The van der Waals surface area contributed by atoms with Crippen molar-refractivity contribution in [1.82, 2.24) is 10.2 Å². The number of nitrogens with zero attached hydrogens (tertiary/aromatic N) is 2. The van der Waals surface area contributed by atoms with Crippen molar-refractivity contribution in [2.75, 3.05) is 29.8 Å². The zero-order chi connectivity index (χ0) is 28.7. The minimum absolute atomic E-state index is 0.0784. The van der Waals surface area contributed by atoms with Crippen LogP contribution in [0.3, 0.4) is 0 Å². The van der Waals surface area contributed by atoms with E-state index in [2.05, 4.69) is 5.32 Å². The van der Waals surface area contributed by atoms with Crippen LogP contribution in [0.25, 0.3) is 0 Å². The Morgan fingerprint density at radius 3 is 2.23 bits per heavy atom. The molecule has 2 aromatic carbocycles. The Bertz CT molecular complexity index is 1270. The van der Waals surface area contributed by atoms with Gasteiger partial charge >= 0.3 is 0 Å². The molecule has 0 unspecified atom stereocenters. The molecule has 1 N–H and O–H groups in total. The molecule has 12 heteroatoms. The third kappa shape index (κ3) is 7.49. The maximum absolute atomic E-state index is 14.0. The lowest BCUT2D eigenvalue weighted by molar-refractivity contribution is -0.140. The first-order chi connectivity index (χ1) is 18.5. The molecule has 2 atom stereocenters. The van der Waals surface area contributed by atoms with Gasteiger partial charge in [0, 0.05) is 34.3 Å². The number of carbonyl (C=O) groups excluding carboxylic acids is 2. The van der Waals surface area contributed by atoms with Crippen molar-refractivity contribution in [2.24, 2.45) is 0 Å². The summed E-state index contributed by atoms with van der Waals surface area (Å²) in [6.07, 6.45) is 1.000. The molecule has 0 fully saturated rings. The molecule has 9 nitrogen and oxygen atoms in total. The topological polar surface area (TPSA) is 105 Å². The molecule has 0 saturated heterocycles. The largest absolute Gasteiger partial charge is 0.486 e. The maximum Gasteiger partial charge on any atom is 0.244 e. The Morgan fingerprint density at radius 1 is 1.00 bits per heavy atom. The first kappa shape index (κ1) is 30.8. The zero-order valence-electron chi connectivity index (χ0n) is 22.6. The van der Waals surface area contributed by atoms with Crippen LogP contribution in [0.1, 0.15) is 46.1 Å². The standard InChI is InChI=1S/C27H35Cl2N3O6S/c1-5-18(4)30-27(34)23(6-2)31(16-20-21(28)9-8-10-22(20)29)26(33)17-32(39(35,36)7-3)19-11-12-24-25(15-19)38-14-13-37-24/h8-12,15,18,23H,5-7,13-14,16-17H2,1-4H3,(H,30,34)/t18-,23+/m0/s1. The van der Waals surface area contributed by atoms with E-state index in [0.29, 0.717) is 53.2 Å². The Kier molecular flexibility index (Phi) is 10.7. The SMILES string of the molecule is CC[C@H](C(=O)N[C@@H](C)CC)N(Cc1c(Cl)cccc1Cl)C(=O)CN(c1ccc2c(c1)OCCO2)S(=O)(=O)CC. The highest BCUT2D eigenvalue weighted by molar-refractivity contribution is 7.92. The number of benzene rings is 2. The van der Waals surface area contributed by atoms with Gasteiger partial charge in [0.15, 0.2) is 11.5 Å². The van der Waals surface area contributed by atoms with Crippen molar-refractivity contribution < 1.29 is 27.5 Å². The highest BCUT2D eigenvalue weighted by atomic mass is 35.5. The van der Waals surface area contributed by atoms with Crippen molar-refractivity contribution in [3.63, 3.8) is 0 Å². The van der Waals surface area contributed by atoms with E-state index in [0.717, 1.165) is 4.31 Å². The summed E-state index contributed by atoms with van der Waals surface area (Å²) in [5.41, 5.74) is 0.718. The summed E-state index contributed by atoms with van der Waals surface area (Å²) in [6, 6.07) is 8.70. The monoisotopic (exact) mass is 599 g/mol. The third-order valence-corrected chi connectivity index (χ3v) is 9.02. The fourth-order valence-corrected chi connectivity index (χ4v) is 5.69. The number of carbonyl (C=O) groups is 2. The molecule has 0 aromatic heterocycles. The molecular weight excluding hydrogens is 565 g/mol. The summed E-state index contributed by atoms with van der Waals surface area (Å²) in [7, 11) is -3.90. The van der Waals surface area contributed by atoms with Crippen LogP contribution in [0.5, 0.6) is 11.5 Å². The van der Waals surface area contributed by atoms with Gasteiger partial charge in [-0.3, -0.25) is 13.9 Å². The molecule has 1 aliphatic rings. The van der Waals surface area contributed by atoms with E-state index >= 15 is 0 Å². The van der Waals surface area contributed by atoms with Gasteiger partial charge in [-0.15, -0.1) is 0 Å². The van der Waals surface area contributed by atoms with Crippen LogP contribution in [-0.4, -0.2) is 62.7 Å². The van der Waals surface area contributed by atoms with Crippen molar-refractivity contribution >= 4 is 50.7 Å². The average Bonchev–Trinajstić information content (AvgIpc) is 2.92. The van der Waals surface area contributed by atoms with Crippen LogP contribution in [0, 0.1) is 0 Å². The third-order valence-electron chi connectivity index (χ3n) is 6.57. The Labute approximate surface area is 240 Å². The van der Waals surface area contributed by atoms with Gasteiger partial charge in [-0.05, 0) is 51.0 Å². The molecule has 39 heavy (non-hydrogen) atoms. The Morgan fingerprint density at radius 2 is 1.64 bits per heavy atom. The molecule has 0 aliphatic carbocycles. The van der Waals surface area contributed by atoms with E-state index in [-0.39, 0.29) is 29.9 Å². The fourth-order valence-electron chi connectivity index (χ4n) is 4.12. The highest BCUT2D eigenvalue weighted by Crippen LogP contribution is 2.35. The van der Waals surface area contributed by atoms with Gasteiger partial charge in [-0.2, -0.15) is 0 Å². The normalized spacial score (nSPS) is 14.3. The zero-order valence-corrected chi connectivity index (χ0v) is 24.9. The predicted molar refractivity (Wildman–Crippen MR) is 153 cm³/mol. The summed E-state index contributed by atoms with van der Waals surface area (Å²) in [6.45, 7) is 7.20. The van der Waals surface area contributed by atoms with Crippen LogP contribution in [0.4, 0.5) is 5.69 Å². The van der Waals surface area contributed by atoms with Gasteiger partial charge in [-0.1, -0.05) is 43.1 Å². The first-order valence-corrected chi connectivity index (χ1v) is 15.3. The molecule has 3 rings (SSSR count). The molecule has 1 heterocycles. The predicted octanol–water partition coefficient (Wildman–Crippen LogP) is 4.64. The Balaban J connectivity index is 2.02. The second-order valence-corrected chi connectivity index (χ2v) is 12.2. The number of anilines is 1. The molecule has 0 spiro atoms. The van der Waals surface area contributed by atoms with Gasteiger partial charge in [0.25, 0.3) is 0 Å². The number of amides is 2. The summed E-state index contributed by atoms with van der Waals surface area (Å²) in [4.78, 5) is 28.6. The highest BCUT2D eigenvalue weighted by Gasteiger charge is 2.34. The van der Waals surface area contributed by atoms with Crippen molar-refractivity contribution in [1.29, 1.82) is 0 Å². The number of hydrogen-bond donors (Lipinski definition) is 1. The average molecular weight is 601 g/mol. The van der Waals surface area contributed by atoms with Gasteiger partial charge in [-0.25, -0.2) is 8.42 Å². The van der Waals surface area contributed by atoms with Crippen LogP contribution < -0.4 is 19.1 Å². The molecule has 0 bridgehead atoms. The van der Waals surface area contributed by atoms with Gasteiger partial charge in [0.1, 0.15) is 25.8 Å². The molecular formula is C27H35Cl2N3O6S. The lowest BCUT2D eigenvalue weighted by atomic mass is 10.1. The smallest absolute Gasteiger partial charge is 0.244 e. The lowest BCUT2D eigenvalue weighted by Crippen LogP contribution is -2.53. The van der Waals surface area contributed by atoms with Gasteiger partial charge < -0.3 is 19.7 Å². The summed E-state index contributed by atoms with van der Waals surface area (Å²) < 4.78 is 38.6. The van der Waals surface area contributed by atoms with Crippen molar-refractivity contribution in [2.45, 2.75) is 59.2 Å². The molecule has 1 aliphatic heterocycles. The quantitative estimate of drug-likeness (QED) is 0.381. The number of ether oxygens (including phenoxy) is 2. The fraction of sp³-hybridized carbons (Fsp3) is 0.481. The molecule has 2 amide bonds. The number of rotatable bonds is 12.